The van der Waals surface area contributed by atoms with Crippen molar-refractivity contribution in [1.82, 2.24) is 24.8 Å². The molecule has 3 aromatic rings. The lowest BCUT2D eigenvalue weighted by Crippen LogP contribution is -2.44. The lowest BCUT2D eigenvalue weighted by molar-refractivity contribution is -0.137. The number of piperazine rings is 1. The predicted octanol–water partition coefficient (Wildman–Crippen LogP) is 4.11. The molecule has 0 saturated carbocycles. The van der Waals surface area contributed by atoms with Crippen molar-refractivity contribution in [2.45, 2.75) is 19.2 Å². The molecule has 0 unspecified atom stereocenters. The number of nitrogens with two attached hydrogens (primary N) is 1. The van der Waals surface area contributed by atoms with Gasteiger partial charge in [-0.05, 0) is 51.4 Å². The van der Waals surface area contributed by atoms with Crippen LogP contribution in [0.2, 0.25) is 5.02 Å². The number of nitrogens with zero attached hydrogens (tertiary/aromatic N) is 6. The number of hydrogen-bond acceptors (Lipinski definition) is 9. The second kappa shape index (κ2) is 11.6. The smallest absolute Gasteiger partial charge is 0.418 e. The molecule has 1 aliphatic heterocycles. The second-order valence-electron chi connectivity index (χ2n) is 9.50. The molecule has 0 radical (unpaired) electrons. The molecule has 1 atom stereocenters. The molecule has 0 spiro atoms. The van der Waals surface area contributed by atoms with Crippen LogP contribution in [0.3, 0.4) is 0 Å². The fraction of sp³-hybridized carbons (Fsp3) is 0.385. The molecule has 13 heteroatoms. The molecule has 4 rings (SSSR count). The minimum absolute atomic E-state index is 0.0459. The van der Waals surface area contributed by atoms with Gasteiger partial charge in [-0.2, -0.15) is 23.1 Å². The van der Waals surface area contributed by atoms with Crippen molar-refractivity contribution in [2.75, 3.05) is 57.5 Å². The first-order valence-electron chi connectivity index (χ1n) is 12.2. The van der Waals surface area contributed by atoms with Crippen molar-refractivity contribution in [3.05, 3.63) is 47.1 Å². The fourth-order valence-corrected chi connectivity index (χ4v) is 4.72. The summed E-state index contributed by atoms with van der Waals surface area (Å²) < 4.78 is 47.5. The number of aldehydes is 1. The standard InChI is InChI=1S/C26H29ClF3N7O2/c1-16(15-35(2)3)39-25-32-21-14-17(23-19(26(28,29)30)5-6-22(31)33-23)20(27)13-18(21)24(34-25)37-10-8-36(9-11-37)7-4-12-38/h4-7,12-14,16H,8-11,15H2,1-3H3,(H2,31,33)/t16-/m0/s1. The maximum atomic E-state index is 13.8. The molecular weight excluding hydrogens is 535 g/mol. The number of ether oxygens (including phenoxy) is 1. The van der Waals surface area contributed by atoms with Crippen LogP contribution in [0.4, 0.5) is 24.8 Å². The van der Waals surface area contributed by atoms with E-state index in [-0.39, 0.29) is 34.2 Å². The third kappa shape index (κ3) is 6.69. The number of anilines is 2. The zero-order valence-corrected chi connectivity index (χ0v) is 22.5. The first kappa shape index (κ1) is 28.4. The van der Waals surface area contributed by atoms with E-state index < -0.39 is 11.7 Å². The van der Waals surface area contributed by atoms with E-state index in [2.05, 4.69) is 15.0 Å². The molecule has 1 aromatic carbocycles. The topological polar surface area (TPSA) is 101 Å². The highest BCUT2D eigenvalue weighted by atomic mass is 35.5. The number of hydrogen-bond donors (Lipinski definition) is 1. The van der Waals surface area contributed by atoms with Crippen molar-refractivity contribution in [1.29, 1.82) is 0 Å². The minimum atomic E-state index is -4.67. The first-order chi connectivity index (χ1) is 18.5. The zero-order valence-electron chi connectivity index (χ0n) is 21.7. The quantitative estimate of drug-likeness (QED) is 0.320. The van der Waals surface area contributed by atoms with E-state index in [1.807, 2.05) is 35.7 Å². The summed E-state index contributed by atoms with van der Waals surface area (Å²) in [6, 6.07) is 5.11. The van der Waals surface area contributed by atoms with Crippen LogP contribution in [0.25, 0.3) is 22.2 Å². The van der Waals surface area contributed by atoms with Gasteiger partial charge in [-0.3, -0.25) is 4.79 Å². The molecule has 2 N–H and O–H groups in total. The van der Waals surface area contributed by atoms with Gasteiger partial charge >= 0.3 is 12.2 Å². The fourth-order valence-electron chi connectivity index (χ4n) is 4.47. The Morgan fingerprint density at radius 2 is 1.87 bits per heavy atom. The van der Waals surface area contributed by atoms with E-state index in [1.54, 1.807) is 12.3 Å². The molecule has 1 saturated heterocycles. The zero-order chi connectivity index (χ0) is 28.3. The number of nitrogen functional groups attached to an aromatic ring is 1. The van der Waals surface area contributed by atoms with Crippen LogP contribution < -0.4 is 15.4 Å². The van der Waals surface area contributed by atoms with E-state index >= 15 is 0 Å². The molecule has 3 heterocycles. The number of fused-ring (bicyclic) bond motifs is 1. The Kier molecular flexibility index (Phi) is 8.45. The summed E-state index contributed by atoms with van der Waals surface area (Å²) in [5.74, 6) is 0.483. The van der Waals surface area contributed by atoms with Gasteiger partial charge in [-0.25, -0.2) is 4.98 Å². The van der Waals surface area contributed by atoms with E-state index in [0.29, 0.717) is 49.4 Å². The third-order valence-electron chi connectivity index (χ3n) is 6.14. The summed E-state index contributed by atoms with van der Waals surface area (Å²) >= 11 is 6.58. The third-order valence-corrected chi connectivity index (χ3v) is 6.45. The Morgan fingerprint density at radius 3 is 2.51 bits per heavy atom. The number of carbonyl (C=O) groups is 1. The van der Waals surface area contributed by atoms with E-state index in [0.717, 1.165) is 18.4 Å². The molecule has 0 amide bonds. The van der Waals surface area contributed by atoms with Crippen LogP contribution in [0.1, 0.15) is 12.5 Å². The SMILES string of the molecule is C[C@@H](CN(C)C)Oc1nc(N2CCN(C=CC=O)CC2)c2cc(Cl)c(-c3nc(N)ccc3C(F)(F)F)cc2n1. The number of allylic oxidation sites excluding steroid dienone is 1. The largest absolute Gasteiger partial charge is 0.459 e. The normalized spacial score (nSPS) is 15.4. The molecule has 208 valence electrons. The summed E-state index contributed by atoms with van der Waals surface area (Å²) in [5.41, 5.74) is 4.81. The van der Waals surface area contributed by atoms with Crippen molar-refractivity contribution in [3.63, 3.8) is 0 Å². The number of aromatic nitrogens is 3. The number of benzene rings is 1. The Bertz CT molecular complexity index is 1380. The molecule has 2 aromatic heterocycles. The first-order valence-corrected chi connectivity index (χ1v) is 12.6. The van der Waals surface area contributed by atoms with Gasteiger partial charge in [-0.1, -0.05) is 11.6 Å². The van der Waals surface area contributed by atoms with Crippen molar-refractivity contribution in [3.8, 4) is 17.3 Å². The van der Waals surface area contributed by atoms with Crippen molar-refractivity contribution < 1.29 is 22.7 Å². The van der Waals surface area contributed by atoms with Gasteiger partial charge in [0.25, 0.3) is 0 Å². The van der Waals surface area contributed by atoms with Crippen molar-refractivity contribution in [2.24, 2.45) is 0 Å². The van der Waals surface area contributed by atoms with Gasteiger partial charge in [0.15, 0.2) is 0 Å². The highest BCUT2D eigenvalue weighted by Gasteiger charge is 2.35. The lowest BCUT2D eigenvalue weighted by Gasteiger charge is -2.35. The number of alkyl halides is 3. The van der Waals surface area contributed by atoms with Gasteiger partial charge in [0.05, 0.1) is 21.8 Å². The van der Waals surface area contributed by atoms with E-state index in [4.69, 9.17) is 22.1 Å². The number of rotatable bonds is 8. The van der Waals surface area contributed by atoms with Crippen LogP contribution in [0.15, 0.2) is 36.5 Å². The molecule has 1 fully saturated rings. The second-order valence-corrected chi connectivity index (χ2v) is 9.91. The van der Waals surface area contributed by atoms with Crippen LogP contribution in [-0.2, 0) is 11.0 Å². The Balaban J connectivity index is 1.83. The van der Waals surface area contributed by atoms with Gasteiger partial charge in [0.2, 0.25) is 0 Å². The molecule has 0 aliphatic carbocycles. The maximum absolute atomic E-state index is 13.8. The number of halogens is 4. The monoisotopic (exact) mass is 563 g/mol. The van der Waals surface area contributed by atoms with E-state index in [9.17, 15) is 18.0 Å². The van der Waals surface area contributed by atoms with Crippen LogP contribution in [0, 0.1) is 0 Å². The van der Waals surface area contributed by atoms with Crippen LogP contribution >= 0.6 is 11.6 Å². The maximum Gasteiger partial charge on any atom is 0.418 e. The van der Waals surface area contributed by atoms with Crippen molar-refractivity contribution >= 4 is 40.4 Å². The number of likely N-dealkylation sites (N-methyl/N-ethyl adjacent to an activating group) is 1. The minimum Gasteiger partial charge on any atom is -0.459 e. The predicted molar refractivity (Wildman–Crippen MR) is 145 cm³/mol. The average Bonchev–Trinajstić information content (AvgIpc) is 2.86. The molecule has 1 aliphatic rings. The van der Waals surface area contributed by atoms with Crippen LogP contribution in [-0.4, -0.2) is 84.0 Å². The Morgan fingerprint density at radius 1 is 1.15 bits per heavy atom. The highest BCUT2D eigenvalue weighted by molar-refractivity contribution is 6.34. The van der Waals surface area contributed by atoms with Gasteiger partial charge in [0, 0.05) is 49.9 Å². The van der Waals surface area contributed by atoms with Gasteiger partial charge < -0.3 is 25.2 Å². The average molecular weight is 564 g/mol. The molecule has 39 heavy (non-hydrogen) atoms. The Labute approximate surface area is 229 Å². The van der Waals surface area contributed by atoms with Gasteiger partial charge in [0.1, 0.15) is 24.0 Å². The Hall–Kier alpha value is -3.64. The summed E-state index contributed by atoms with van der Waals surface area (Å²) in [6.07, 6.45) is -1.02. The van der Waals surface area contributed by atoms with Gasteiger partial charge in [-0.15, -0.1) is 0 Å². The summed E-state index contributed by atoms with van der Waals surface area (Å²) in [4.78, 5) is 29.9. The molecular formula is C26H29ClF3N7O2. The summed E-state index contributed by atoms with van der Waals surface area (Å²) in [5, 5.41) is 0.615. The molecule has 0 bridgehead atoms. The number of pyridine rings is 1. The summed E-state index contributed by atoms with van der Waals surface area (Å²) in [6.45, 7) is 4.91. The molecule has 9 nitrogen and oxygen atoms in total. The number of carbonyl (C=O) groups excluding carboxylic acids is 1. The van der Waals surface area contributed by atoms with E-state index in [1.165, 1.54) is 12.1 Å². The van der Waals surface area contributed by atoms with Crippen LogP contribution in [0.5, 0.6) is 6.01 Å². The highest BCUT2D eigenvalue weighted by Crippen LogP contribution is 2.41. The summed E-state index contributed by atoms with van der Waals surface area (Å²) in [7, 11) is 3.83. The lowest BCUT2D eigenvalue weighted by atomic mass is 10.0.